The van der Waals surface area contributed by atoms with Crippen LogP contribution in [0.25, 0.3) is 0 Å². The van der Waals surface area contributed by atoms with Gasteiger partial charge in [0.1, 0.15) is 18.7 Å². The van der Waals surface area contributed by atoms with E-state index in [4.69, 9.17) is 16.3 Å². The summed E-state index contributed by atoms with van der Waals surface area (Å²) in [4.78, 5) is 23.1. The monoisotopic (exact) mass is 326 g/mol. The minimum atomic E-state index is -1.25. The highest BCUT2D eigenvalue weighted by Gasteiger charge is 2.23. The predicted molar refractivity (Wildman–Crippen MR) is 79.3 cm³/mol. The molecule has 120 valence electrons. The Bertz CT molecular complexity index is 532. The summed E-state index contributed by atoms with van der Waals surface area (Å²) in [5.74, 6) is -1.64. The summed E-state index contributed by atoms with van der Waals surface area (Å²) in [6.45, 7) is 1.23. The number of nitrogens with two attached hydrogens (primary N) is 1. The third-order valence-electron chi connectivity index (χ3n) is 3.52. The van der Waals surface area contributed by atoms with Crippen molar-refractivity contribution < 1.29 is 24.7 Å². The Morgan fingerprint density at radius 1 is 1.50 bits per heavy atom. The van der Waals surface area contributed by atoms with Crippen molar-refractivity contribution in [1.82, 2.24) is 0 Å². The van der Waals surface area contributed by atoms with Gasteiger partial charge in [0.05, 0.1) is 12.4 Å². The van der Waals surface area contributed by atoms with E-state index >= 15 is 0 Å². The highest BCUT2D eigenvalue weighted by Crippen LogP contribution is 2.15. The molecule has 0 saturated carbocycles. The highest BCUT2D eigenvalue weighted by molar-refractivity contribution is 6.30. The quantitative estimate of drug-likeness (QED) is 0.708. The lowest BCUT2D eigenvalue weighted by atomic mass is 10.1. The summed E-state index contributed by atoms with van der Waals surface area (Å²) >= 11 is 5.83. The molecule has 1 amide bonds. The van der Waals surface area contributed by atoms with Crippen molar-refractivity contribution in [1.29, 1.82) is 0 Å². The van der Waals surface area contributed by atoms with E-state index in [-0.39, 0.29) is 18.4 Å². The Morgan fingerprint density at radius 3 is 2.95 bits per heavy atom. The Kier molecular flexibility index (Phi) is 6.18. The molecular weight excluding hydrogens is 308 g/mol. The average Bonchev–Trinajstić information content (AvgIpc) is 2.96. The molecule has 0 radical (unpaired) electrons. The Morgan fingerprint density at radius 2 is 2.32 bits per heavy atom. The number of quaternary nitrogens is 1. The molecular formula is C15H19ClN2O4. The van der Waals surface area contributed by atoms with Crippen molar-refractivity contribution in [2.24, 2.45) is 0 Å². The SMILES string of the molecule is O=C(C[C@@H]([NH2+]C[C@H]1CCCO1)C(=O)[O-])Nc1cccc(Cl)c1. The second kappa shape index (κ2) is 8.12. The molecule has 1 heterocycles. The maximum Gasteiger partial charge on any atom is 0.230 e. The number of carbonyl (C=O) groups excluding carboxylic acids is 2. The lowest BCUT2D eigenvalue weighted by Gasteiger charge is -2.18. The molecule has 0 aliphatic carbocycles. The van der Waals surface area contributed by atoms with Crippen LogP contribution in [0.2, 0.25) is 5.02 Å². The van der Waals surface area contributed by atoms with E-state index < -0.39 is 12.0 Å². The molecule has 1 aromatic rings. The molecule has 0 bridgehead atoms. The molecule has 7 heteroatoms. The van der Waals surface area contributed by atoms with Gasteiger partial charge in [0, 0.05) is 17.3 Å². The largest absolute Gasteiger partial charge is 0.544 e. The number of hydrogen-bond acceptors (Lipinski definition) is 4. The van der Waals surface area contributed by atoms with Crippen LogP contribution in [0.3, 0.4) is 0 Å². The zero-order valence-electron chi connectivity index (χ0n) is 12.1. The first-order valence-electron chi connectivity index (χ1n) is 7.26. The van der Waals surface area contributed by atoms with Crippen LogP contribution in [-0.2, 0) is 14.3 Å². The minimum absolute atomic E-state index is 0.0536. The van der Waals surface area contributed by atoms with Crippen LogP contribution >= 0.6 is 11.6 Å². The van der Waals surface area contributed by atoms with E-state index in [0.29, 0.717) is 23.9 Å². The summed E-state index contributed by atoms with van der Waals surface area (Å²) in [6, 6.07) is 5.76. The van der Waals surface area contributed by atoms with Crippen LogP contribution in [0, 0.1) is 0 Å². The summed E-state index contributed by atoms with van der Waals surface area (Å²) < 4.78 is 5.44. The normalized spacial score (nSPS) is 18.9. The van der Waals surface area contributed by atoms with Gasteiger partial charge in [0.2, 0.25) is 5.91 Å². The smallest absolute Gasteiger partial charge is 0.230 e. The first-order valence-corrected chi connectivity index (χ1v) is 7.63. The van der Waals surface area contributed by atoms with E-state index in [1.807, 2.05) is 0 Å². The molecule has 1 aromatic carbocycles. The fourth-order valence-corrected chi connectivity index (χ4v) is 2.58. The summed E-state index contributed by atoms with van der Waals surface area (Å²) in [5.41, 5.74) is 0.536. The predicted octanol–water partition coefficient (Wildman–Crippen LogP) is -0.470. The Hall–Kier alpha value is -1.63. The number of halogens is 1. The molecule has 1 aliphatic heterocycles. The number of carboxylic acids is 1. The number of rotatable bonds is 7. The standard InChI is InChI=1S/C15H19ClN2O4/c16-10-3-1-4-11(7-10)18-14(19)8-13(15(20)21)17-9-12-5-2-6-22-12/h1,3-4,7,12-13,17H,2,5-6,8-9H2,(H,18,19)(H,20,21)/t12-,13-/m1/s1. The van der Waals surface area contributed by atoms with E-state index in [9.17, 15) is 14.7 Å². The van der Waals surface area contributed by atoms with Crippen LogP contribution in [0.4, 0.5) is 5.69 Å². The third kappa shape index (κ3) is 5.29. The molecule has 2 rings (SSSR count). The van der Waals surface area contributed by atoms with Gasteiger partial charge in [0.15, 0.2) is 0 Å². The van der Waals surface area contributed by atoms with Crippen molar-refractivity contribution in [3.8, 4) is 0 Å². The lowest BCUT2D eigenvalue weighted by molar-refractivity contribution is -0.687. The number of benzene rings is 1. The number of hydrogen-bond donors (Lipinski definition) is 2. The van der Waals surface area contributed by atoms with E-state index in [1.54, 1.807) is 29.6 Å². The molecule has 22 heavy (non-hydrogen) atoms. The average molecular weight is 327 g/mol. The zero-order chi connectivity index (χ0) is 15.9. The molecule has 1 fully saturated rings. The molecule has 2 atom stereocenters. The van der Waals surface area contributed by atoms with Crippen LogP contribution in [0.15, 0.2) is 24.3 Å². The van der Waals surface area contributed by atoms with Crippen molar-refractivity contribution in [2.45, 2.75) is 31.4 Å². The van der Waals surface area contributed by atoms with Crippen LogP contribution < -0.4 is 15.7 Å². The van der Waals surface area contributed by atoms with Crippen LogP contribution in [0.1, 0.15) is 19.3 Å². The van der Waals surface area contributed by atoms with Gasteiger partial charge in [-0.15, -0.1) is 0 Å². The Labute approximate surface area is 133 Å². The number of carbonyl (C=O) groups is 2. The number of aliphatic carboxylic acids is 1. The van der Waals surface area contributed by atoms with Gasteiger partial charge in [0.25, 0.3) is 0 Å². The van der Waals surface area contributed by atoms with Gasteiger partial charge in [-0.1, -0.05) is 17.7 Å². The second-order valence-electron chi connectivity index (χ2n) is 5.29. The number of ether oxygens (including phenoxy) is 1. The van der Waals surface area contributed by atoms with E-state index in [2.05, 4.69) is 5.32 Å². The lowest BCUT2D eigenvalue weighted by Crippen LogP contribution is -2.94. The fourth-order valence-electron chi connectivity index (χ4n) is 2.39. The molecule has 0 unspecified atom stereocenters. The van der Waals surface area contributed by atoms with Gasteiger partial charge in [-0.3, -0.25) is 4.79 Å². The Balaban J connectivity index is 1.84. The molecule has 1 saturated heterocycles. The van der Waals surface area contributed by atoms with E-state index in [0.717, 1.165) is 12.8 Å². The molecule has 0 aromatic heterocycles. The molecule has 3 N–H and O–H groups in total. The highest BCUT2D eigenvalue weighted by atomic mass is 35.5. The van der Waals surface area contributed by atoms with Crippen LogP contribution in [-0.4, -0.2) is 37.2 Å². The number of nitrogens with one attached hydrogen (secondary N) is 1. The first kappa shape index (κ1) is 16.7. The number of carboxylic acid groups (broad SMARTS) is 1. The molecule has 0 spiro atoms. The van der Waals surface area contributed by atoms with Crippen molar-refractivity contribution in [3.05, 3.63) is 29.3 Å². The van der Waals surface area contributed by atoms with Crippen LogP contribution in [0.5, 0.6) is 0 Å². The van der Waals surface area contributed by atoms with Crippen molar-refractivity contribution in [3.63, 3.8) is 0 Å². The molecule has 6 nitrogen and oxygen atoms in total. The topological polar surface area (TPSA) is 95.1 Å². The summed E-state index contributed by atoms with van der Waals surface area (Å²) in [7, 11) is 0. The second-order valence-corrected chi connectivity index (χ2v) is 5.73. The minimum Gasteiger partial charge on any atom is -0.544 e. The van der Waals surface area contributed by atoms with Gasteiger partial charge < -0.3 is 25.3 Å². The maximum absolute atomic E-state index is 11.9. The first-order chi connectivity index (χ1) is 10.5. The van der Waals surface area contributed by atoms with Gasteiger partial charge >= 0.3 is 0 Å². The summed E-state index contributed by atoms with van der Waals surface area (Å²) in [6.07, 6.45) is 1.80. The van der Waals surface area contributed by atoms with Gasteiger partial charge in [-0.2, -0.15) is 0 Å². The van der Waals surface area contributed by atoms with Gasteiger partial charge in [-0.25, -0.2) is 0 Å². The number of anilines is 1. The number of amides is 1. The van der Waals surface area contributed by atoms with Gasteiger partial charge in [-0.05, 0) is 31.0 Å². The summed E-state index contributed by atoms with van der Waals surface area (Å²) in [5, 5.41) is 15.9. The molecule has 1 aliphatic rings. The maximum atomic E-state index is 11.9. The van der Waals surface area contributed by atoms with E-state index in [1.165, 1.54) is 0 Å². The van der Waals surface area contributed by atoms with Crippen molar-refractivity contribution in [2.75, 3.05) is 18.5 Å². The fraction of sp³-hybridized carbons (Fsp3) is 0.467. The zero-order valence-corrected chi connectivity index (χ0v) is 12.8. The third-order valence-corrected chi connectivity index (χ3v) is 3.76. The van der Waals surface area contributed by atoms with Crippen molar-refractivity contribution >= 4 is 29.2 Å².